The predicted octanol–water partition coefficient (Wildman–Crippen LogP) is -0.642. The topological polar surface area (TPSA) is 77.0 Å². The van der Waals surface area contributed by atoms with Crippen molar-refractivity contribution < 1.29 is 4.79 Å². The Hall–Kier alpha value is -1.43. The van der Waals surface area contributed by atoms with E-state index in [1.54, 1.807) is 11.2 Å². The molecule has 82 valence electrons. The van der Waals surface area contributed by atoms with Crippen LogP contribution < -0.4 is 5.73 Å². The molecule has 0 saturated carbocycles. The van der Waals surface area contributed by atoms with Crippen LogP contribution >= 0.6 is 0 Å². The summed E-state index contributed by atoms with van der Waals surface area (Å²) >= 11 is 0. The third kappa shape index (κ3) is 1.85. The number of carbonyl (C=O) groups is 1. The van der Waals surface area contributed by atoms with Crippen molar-refractivity contribution in [3.63, 3.8) is 0 Å². The molecule has 1 amide bonds. The van der Waals surface area contributed by atoms with Gasteiger partial charge in [0.2, 0.25) is 5.91 Å². The number of nitrogens with zero attached hydrogens (tertiary/aromatic N) is 4. The molecule has 2 rings (SSSR count). The Morgan fingerprint density at radius 3 is 3.20 bits per heavy atom. The molecular weight excluding hydrogens is 194 g/mol. The summed E-state index contributed by atoms with van der Waals surface area (Å²) in [4.78, 5) is 13.6. The van der Waals surface area contributed by atoms with E-state index in [-0.39, 0.29) is 11.9 Å². The minimum absolute atomic E-state index is 0.00625. The standard InChI is InChI=1S/C9H15N5O/c1-2-7(10)9(15)13-3-4-14-6-11-12-8(14)5-13/h6-7H,2-5,10H2,1H3. The smallest absolute Gasteiger partial charge is 0.239 e. The summed E-state index contributed by atoms with van der Waals surface area (Å²) in [5.74, 6) is 0.838. The van der Waals surface area contributed by atoms with Gasteiger partial charge in [-0.15, -0.1) is 10.2 Å². The molecule has 1 aliphatic heterocycles. The summed E-state index contributed by atoms with van der Waals surface area (Å²) in [6, 6.07) is -0.389. The maximum absolute atomic E-state index is 11.8. The molecule has 15 heavy (non-hydrogen) atoms. The number of carbonyl (C=O) groups excluding carboxylic acids is 1. The van der Waals surface area contributed by atoms with Crippen LogP contribution in [0.1, 0.15) is 19.2 Å². The van der Waals surface area contributed by atoms with Gasteiger partial charge < -0.3 is 15.2 Å². The third-order valence-electron chi connectivity index (χ3n) is 2.71. The molecule has 0 aliphatic carbocycles. The van der Waals surface area contributed by atoms with Crippen LogP contribution in [0.4, 0.5) is 0 Å². The highest BCUT2D eigenvalue weighted by Gasteiger charge is 2.24. The minimum Gasteiger partial charge on any atom is -0.332 e. The van der Waals surface area contributed by atoms with Gasteiger partial charge in [-0.05, 0) is 6.42 Å². The second-order valence-electron chi connectivity index (χ2n) is 3.72. The van der Waals surface area contributed by atoms with Crippen molar-refractivity contribution in [2.75, 3.05) is 6.54 Å². The second-order valence-corrected chi connectivity index (χ2v) is 3.72. The lowest BCUT2D eigenvalue weighted by atomic mass is 10.2. The number of aromatic nitrogens is 3. The molecule has 0 fully saturated rings. The third-order valence-corrected chi connectivity index (χ3v) is 2.71. The summed E-state index contributed by atoms with van der Waals surface area (Å²) in [6.07, 6.45) is 2.36. The van der Waals surface area contributed by atoms with Gasteiger partial charge in [0.25, 0.3) is 0 Å². The Morgan fingerprint density at radius 1 is 1.67 bits per heavy atom. The summed E-state index contributed by atoms with van der Waals surface area (Å²) in [5.41, 5.74) is 5.71. The van der Waals surface area contributed by atoms with Crippen molar-refractivity contribution in [1.29, 1.82) is 0 Å². The summed E-state index contributed by atoms with van der Waals surface area (Å²) in [5, 5.41) is 7.76. The van der Waals surface area contributed by atoms with Gasteiger partial charge >= 0.3 is 0 Å². The summed E-state index contributed by atoms with van der Waals surface area (Å²) in [6.45, 7) is 3.88. The summed E-state index contributed by atoms with van der Waals surface area (Å²) in [7, 11) is 0. The van der Waals surface area contributed by atoms with E-state index in [0.29, 0.717) is 19.5 Å². The Morgan fingerprint density at radius 2 is 2.47 bits per heavy atom. The SMILES string of the molecule is CCC(N)C(=O)N1CCn2cnnc2C1. The van der Waals surface area contributed by atoms with E-state index in [0.717, 1.165) is 12.4 Å². The lowest BCUT2D eigenvalue weighted by molar-refractivity contribution is -0.134. The van der Waals surface area contributed by atoms with E-state index in [1.807, 2.05) is 11.5 Å². The Balaban J connectivity index is 2.06. The van der Waals surface area contributed by atoms with Crippen LogP contribution in [-0.2, 0) is 17.9 Å². The average molecular weight is 209 g/mol. The van der Waals surface area contributed by atoms with Crippen molar-refractivity contribution in [1.82, 2.24) is 19.7 Å². The highest BCUT2D eigenvalue weighted by atomic mass is 16.2. The summed E-state index contributed by atoms with van der Waals surface area (Å²) < 4.78 is 1.96. The van der Waals surface area contributed by atoms with E-state index in [1.165, 1.54) is 0 Å². The van der Waals surface area contributed by atoms with Crippen LogP contribution in [0.25, 0.3) is 0 Å². The maximum Gasteiger partial charge on any atom is 0.239 e. The molecule has 6 heteroatoms. The molecular formula is C9H15N5O. The highest BCUT2D eigenvalue weighted by Crippen LogP contribution is 2.10. The van der Waals surface area contributed by atoms with Crippen LogP contribution in [0.2, 0.25) is 0 Å². The van der Waals surface area contributed by atoms with Crippen molar-refractivity contribution >= 4 is 5.91 Å². The van der Waals surface area contributed by atoms with Gasteiger partial charge in [0.05, 0.1) is 12.6 Å². The van der Waals surface area contributed by atoms with Gasteiger partial charge in [-0.25, -0.2) is 0 Å². The lowest BCUT2D eigenvalue weighted by Gasteiger charge is -2.28. The Labute approximate surface area is 88.1 Å². The quantitative estimate of drug-likeness (QED) is 0.702. The molecule has 0 radical (unpaired) electrons. The number of hydrogen-bond donors (Lipinski definition) is 1. The first-order valence-corrected chi connectivity index (χ1v) is 5.13. The van der Waals surface area contributed by atoms with Crippen LogP contribution in [0, 0.1) is 0 Å². The maximum atomic E-state index is 11.8. The molecule has 1 atom stereocenters. The van der Waals surface area contributed by atoms with Gasteiger partial charge in [-0.1, -0.05) is 6.92 Å². The number of rotatable bonds is 2. The molecule has 0 saturated heterocycles. The zero-order valence-electron chi connectivity index (χ0n) is 8.76. The van der Waals surface area contributed by atoms with Gasteiger partial charge in [-0.3, -0.25) is 4.79 Å². The first-order chi connectivity index (χ1) is 7.22. The lowest BCUT2D eigenvalue weighted by Crippen LogP contribution is -2.46. The van der Waals surface area contributed by atoms with E-state index in [9.17, 15) is 4.79 Å². The molecule has 0 bridgehead atoms. The molecule has 1 aliphatic rings. The number of hydrogen-bond acceptors (Lipinski definition) is 4. The van der Waals surface area contributed by atoms with Crippen molar-refractivity contribution in [3.8, 4) is 0 Å². The molecule has 0 spiro atoms. The molecule has 1 aromatic rings. The fourth-order valence-corrected chi connectivity index (χ4v) is 1.66. The minimum atomic E-state index is -0.389. The van der Waals surface area contributed by atoms with Crippen molar-refractivity contribution in [2.24, 2.45) is 5.73 Å². The fraction of sp³-hybridized carbons (Fsp3) is 0.667. The van der Waals surface area contributed by atoms with E-state index < -0.39 is 0 Å². The molecule has 2 N–H and O–H groups in total. The number of amides is 1. The normalized spacial score (nSPS) is 17.3. The zero-order chi connectivity index (χ0) is 10.8. The van der Waals surface area contributed by atoms with E-state index in [4.69, 9.17) is 5.73 Å². The van der Waals surface area contributed by atoms with Crippen molar-refractivity contribution in [3.05, 3.63) is 12.2 Å². The number of nitrogens with two attached hydrogens (primary N) is 1. The molecule has 0 aromatic carbocycles. The van der Waals surface area contributed by atoms with Crippen LogP contribution in [0.3, 0.4) is 0 Å². The monoisotopic (exact) mass is 209 g/mol. The first-order valence-electron chi connectivity index (χ1n) is 5.13. The largest absolute Gasteiger partial charge is 0.332 e. The van der Waals surface area contributed by atoms with Gasteiger partial charge in [0, 0.05) is 13.1 Å². The predicted molar refractivity (Wildman–Crippen MR) is 53.7 cm³/mol. The Kier molecular flexibility index (Phi) is 2.68. The average Bonchev–Trinajstić information content (AvgIpc) is 2.73. The number of fused-ring (bicyclic) bond motifs is 1. The van der Waals surface area contributed by atoms with Gasteiger partial charge in [0.1, 0.15) is 6.33 Å². The van der Waals surface area contributed by atoms with Crippen LogP contribution in [-0.4, -0.2) is 38.2 Å². The van der Waals surface area contributed by atoms with E-state index in [2.05, 4.69) is 10.2 Å². The molecule has 1 aromatic heterocycles. The fourth-order valence-electron chi connectivity index (χ4n) is 1.66. The molecule has 6 nitrogen and oxygen atoms in total. The van der Waals surface area contributed by atoms with Crippen LogP contribution in [0.5, 0.6) is 0 Å². The zero-order valence-corrected chi connectivity index (χ0v) is 8.76. The van der Waals surface area contributed by atoms with Crippen LogP contribution in [0.15, 0.2) is 6.33 Å². The Bertz CT molecular complexity index is 361. The second kappa shape index (κ2) is 3.98. The van der Waals surface area contributed by atoms with E-state index >= 15 is 0 Å². The highest BCUT2D eigenvalue weighted by molar-refractivity contribution is 5.81. The molecule has 1 unspecified atom stereocenters. The van der Waals surface area contributed by atoms with Gasteiger partial charge in [-0.2, -0.15) is 0 Å². The van der Waals surface area contributed by atoms with Crippen molar-refractivity contribution in [2.45, 2.75) is 32.5 Å². The molecule has 2 heterocycles. The first kappa shape index (κ1) is 10.1. The van der Waals surface area contributed by atoms with Gasteiger partial charge in [0.15, 0.2) is 5.82 Å².